The number of aryl methyl sites for hydroxylation is 1. The van der Waals surface area contributed by atoms with Crippen molar-refractivity contribution in [3.8, 4) is 0 Å². The van der Waals surface area contributed by atoms with Gasteiger partial charge in [0.05, 0.1) is 6.33 Å². The monoisotopic (exact) mass is 260 g/mol. The Kier molecular flexibility index (Phi) is 3.83. The molecule has 0 aliphatic carbocycles. The summed E-state index contributed by atoms with van der Waals surface area (Å²) in [7, 11) is -2.03. The lowest BCUT2D eigenvalue weighted by Gasteiger charge is -2.25. The molecule has 0 aromatic carbocycles. The first-order valence-electron chi connectivity index (χ1n) is 5.50. The largest absolute Gasteiger partial charge is 0.381 e. The van der Waals surface area contributed by atoms with Crippen LogP contribution in [0.5, 0.6) is 0 Å². The van der Waals surface area contributed by atoms with E-state index in [1.807, 2.05) is 20.8 Å². The van der Waals surface area contributed by atoms with Gasteiger partial charge in [-0.15, -0.1) is 0 Å². The van der Waals surface area contributed by atoms with Crippen LogP contribution >= 0.6 is 0 Å². The smallest absolute Gasteiger partial charge is 0.260 e. The molecule has 1 heterocycles. The number of nitrogens with zero attached hydrogens (tertiary/aromatic N) is 2. The van der Waals surface area contributed by atoms with Gasteiger partial charge >= 0.3 is 0 Å². The zero-order chi connectivity index (χ0) is 13.3. The van der Waals surface area contributed by atoms with E-state index in [1.54, 1.807) is 7.05 Å². The number of rotatable bonds is 5. The Hall–Kier alpha value is -1.08. The molecule has 0 bridgehead atoms. The maximum atomic E-state index is 12.2. The zero-order valence-electron chi connectivity index (χ0n) is 10.7. The first kappa shape index (κ1) is 14.0. The van der Waals surface area contributed by atoms with Gasteiger partial charge in [-0.25, -0.2) is 18.1 Å². The number of nitrogens with two attached hydrogens (primary N) is 1. The molecule has 1 aromatic rings. The third-order valence-corrected chi connectivity index (χ3v) is 4.28. The average Bonchev–Trinajstić information content (AvgIpc) is 2.43. The van der Waals surface area contributed by atoms with Crippen LogP contribution in [-0.2, 0) is 17.1 Å². The van der Waals surface area contributed by atoms with Gasteiger partial charge in [0, 0.05) is 12.6 Å². The van der Waals surface area contributed by atoms with E-state index in [-0.39, 0.29) is 10.8 Å². The van der Waals surface area contributed by atoms with Gasteiger partial charge in [0.2, 0.25) is 0 Å². The highest BCUT2D eigenvalue weighted by Crippen LogP contribution is 2.20. The maximum absolute atomic E-state index is 12.2. The van der Waals surface area contributed by atoms with E-state index in [2.05, 4.69) is 9.71 Å². The molecular formula is C10H20N4O2S. The van der Waals surface area contributed by atoms with Crippen LogP contribution in [0.3, 0.4) is 0 Å². The minimum absolute atomic E-state index is 0.0154. The Morgan fingerprint density at radius 3 is 2.53 bits per heavy atom. The fraction of sp³-hybridized carbons (Fsp3) is 0.700. The number of aromatic nitrogens is 2. The topological polar surface area (TPSA) is 90.0 Å². The maximum Gasteiger partial charge on any atom is 0.260 e. The van der Waals surface area contributed by atoms with Gasteiger partial charge in [-0.2, -0.15) is 0 Å². The molecule has 1 aromatic heterocycles. The molecule has 6 nitrogen and oxygen atoms in total. The fourth-order valence-electron chi connectivity index (χ4n) is 1.85. The highest BCUT2D eigenvalue weighted by atomic mass is 32.2. The van der Waals surface area contributed by atoms with E-state index in [0.717, 1.165) is 12.8 Å². The molecule has 0 radical (unpaired) electrons. The summed E-state index contributed by atoms with van der Waals surface area (Å²) in [6.07, 6.45) is 3.04. The SMILES string of the molecule is CCCC(C)(C)NS(=O)(=O)c1c(N)ncn1C. The standard InChI is InChI=1S/C10H20N4O2S/c1-5-6-10(2,3)13-17(15,16)9-8(11)12-7-14(9)4/h7,13H,5-6,11H2,1-4H3. The number of hydrogen-bond donors (Lipinski definition) is 2. The number of nitrogen functional groups attached to an aromatic ring is 1. The van der Waals surface area contributed by atoms with Gasteiger partial charge in [0.1, 0.15) is 0 Å². The van der Waals surface area contributed by atoms with Crippen molar-refractivity contribution in [3.63, 3.8) is 0 Å². The molecule has 0 amide bonds. The lowest BCUT2D eigenvalue weighted by Crippen LogP contribution is -2.43. The Bertz CT molecular complexity index is 471. The zero-order valence-corrected chi connectivity index (χ0v) is 11.5. The molecule has 0 spiro atoms. The Balaban J connectivity index is 3.06. The van der Waals surface area contributed by atoms with Crippen molar-refractivity contribution in [2.24, 2.45) is 7.05 Å². The van der Waals surface area contributed by atoms with Crippen molar-refractivity contribution in [2.75, 3.05) is 5.73 Å². The summed E-state index contributed by atoms with van der Waals surface area (Å²) >= 11 is 0. The third-order valence-electron chi connectivity index (χ3n) is 2.45. The molecule has 0 saturated heterocycles. The number of nitrogens with one attached hydrogen (secondary N) is 1. The van der Waals surface area contributed by atoms with Crippen LogP contribution < -0.4 is 10.5 Å². The molecule has 0 aliphatic rings. The second kappa shape index (κ2) is 4.66. The number of sulfonamides is 1. The molecule has 3 N–H and O–H groups in total. The summed E-state index contributed by atoms with van der Waals surface area (Å²) in [5.74, 6) is 0.0206. The molecule has 0 fully saturated rings. The third kappa shape index (κ3) is 3.19. The quantitative estimate of drug-likeness (QED) is 0.821. The summed E-state index contributed by atoms with van der Waals surface area (Å²) in [5.41, 5.74) is 5.07. The van der Waals surface area contributed by atoms with Gasteiger partial charge in [0.25, 0.3) is 10.0 Å². The lowest BCUT2D eigenvalue weighted by molar-refractivity contribution is 0.416. The van der Waals surface area contributed by atoms with E-state index < -0.39 is 15.6 Å². The van der Waals surface area contributed by atoms with Crippen molar-refractivity contribution < 1.29 is 8.42 Å². The predicted octanol–water partition coefficient (Wildman–Crippen LogP) is 0.859. The Morgan fingerprint density at radius 2 is 2.12 bits per heavy atom. The fourth-order valence-corrected chi connectivity index (χ4v) is 3.53. The van der Waals surface area contributed by atoms with Gasteiger partial charge in [-0.1, -0.05) is 13.3 Å². The van der Waals surface area contributed by atoms with E-state index in [1.165, 1.54) is 10.9 Å². The Morgan fingerprint density at radius 1 is 1.53 bits per heavy atom. The number of hydrogen-bond acceptors (Lipinski definition) is 4. The van der Waals surface area contributed by atoms with Crippen molar-refractivity contribution in [3.05, 3.63) is 6.33 Å². The Labute approximate surface area is 102 Å². The van der Waals surface area contributed by atoms with Crippen molar-refractivity contribution in [2.45, 2.75) is 44.2 Å². The van der Waals surface area contributed by atoms with Crippen molar-refractivity contribution in [1.29, 1.82) is 0 Å². The van der Waals surface area contributed by atoms with E-state index >= 15 is 0 Å². The van der Waals surface area contributed by atoms with Gasteiger partial charge < -0.3 is 10.3 Å². The van der Waals surface area contributed by atoms with Crippen molar-refractivity contribution >= 4 is 15.8 Å². The second-order valence-electron chi connectivity index (χ2n) is 4.79. The summed E-state index contributed by atoms with van der Waals surface area (Å²) in [6.45, 7) is 5.70. The highest BCUT2D eigenvalue weighted by Gasteiger charge is 2.29. The minimum atomic E-state index is -3.63. The molecule has 7 heteroatoms. The summed E-state index contributed by atoms with van der Waals surface area (Å²) < 4.78 is 28.4. The molecule has 0 atom stereocenters. The van der Waals surface area contributed by atoms with Crippen LogP contribution in [-0.4, -0.2) is 23.5 Å². The number of imidazole rings is 1. The molecular weight excluding hydrogens is 240 g/mol. The van der Waals surface area contributed by atoms with Crippen LogP contribution in [0.15, 0.2) is 11.4 Å². The van der Waals surface area contributed by atoms with Gasteiger partial charge in [0.15, 0.2) is 10.8 Å². The van der Waals surface area contributed by atoms with Crippen LogP contribution in [0.25, 0.3) is 0 Å². The van der Waals surface area contributed by atoms with Crippen LogP contribution in [0, 0.1) is 0 Å². The van der Waals surface area contributed by atoms with Gasteiger partial charge in [-0.3, -0.25) is 0 Å². The molecule has 0 aliphatic heterocycles. The first-order chi connectivity index (χ1) is 7.69. The molecule has 17 heavy (non-hydrogen) atoms. The average molecular weight is 260 g/mol. The van der Waals surface area contributed by atoms with E-state index in [9.17, 15) is 8.42 Å². The van der Waals surface area contributed by atoms with Crippen LogP contribution in [0.2, 0.25) is 0 Å². The predicted molar refractivity (Wildman–Crippen MR) is 66.9 cm³/mol. The normalized spacial score (nSPS) is 12.9. The number of anilines is 1. The second-order valence-corrected chi connectivity index (χ2v) is 6.38. The van der Waals surface area contributed by atoms with Crippen molar-refractivity contribution in [1.82, 2.24) is 14.3 Å². The van der Waals surface area contributed by atoms with E-state index in [0.29, 0.717) is 0 Å². The molecule has 0 unspecified atom stereocenters. The summed E-state index contributed by atoms with van der Waals surface area (Å²) in [5, 5.41) is 0.0154. The molecule has 0 saturated carbocycles. The highest BCUT2D eigenvalue weighted by molar-refractivity contribution is 7.89. The van der Waals surface area contributed by atoms with Crippen LogP contribution in [0.1, 0.15) is 33.6 Å². The molecule has 98 valence electrons. The summed E-state index contributed by atoms with van der Waals surface area (Å²) in [4.78, 5) is 3.78. The summed E-state index contributed by atoms with van der Waals surface area (Å²) in [6, 6.07) is 0. The van der Waals surface area contributed by atoms with Crippen LogP contribution in [0.4, 0.5) is 5.82 Å². The van der Waals surface area contributed by atoms with E-state index in [4.69, 9.17) is 5.73 Å². The minimum Gasteiger partial charge on any atom is -0.381 e. The molecule has 1 rings (SSSR count). The van der Waals surface area contributed by atoms with Gasteiger partial charge in [-0.05, 0) is 20.3 Å². The first-order valence-corrected chi connectivity index (χ1v) is 6.98. The lowest BCUT2D eigenvalue weighted by atomic mass is 10.0.